The maximum absolute atomic E-state index is 13.0. The van der Waals surface area contributed by atoms with Gasteiger partial charge in [0.15, 0.2) is 17.5 Å². The van der Waals surface area contributed by atoms with Crippen molar-refractivity contribution >= 4 is 0 Å². The summed E-state index contributed by atoms with van der Waals surface area (Å²) in [5.41, 5.74) is 5.50. The van der Waals surface area contributed by atoms with Crippen LogP contribution in [-0.2, 0) is 6.42 Å². The number of rotatable bonds is 2. The molecule has 0 bridgehead atoms. The van der Waals surface area contributed by atoms with Gasteiger partial charge < -0.3 is 5.73 Å². The third-order valence-corrected chi connectivity index (χ3v) is 1.66. The fourth-order valence-corrected chi connectivity index (χ4v) is 1.07. The molecule has 0 aliphatic heterocycles. The van der Waals surface area contributed by atoms with Gasteiger partial charge in [-0.25, -0.2) is 13.2 Å². The van der Waals surface area contributed by atoms with Crippen molar-refractivity contribution in [2.24, 2.45) is 5.73 Å². The van der Waals surface area contributed by atoms with Crippen molar-refractivity contribution in [1.29, 1.82) is 0 Å². The van der Waals surface area contributed by atoms with Crippen molar-refractivity contribution in [2.75, 3.05) is 0 Å². The maximum atomic E-state index is 13.0. The van der Waals surface area contributed by atoms with Gasteiger partial charge in [-0.15, -0.1) is 0 Å². The average Bonchev–Trinajstić information content (AvgIpc) is 2.06. The Labute approximate surface area is 74.4 Å². The number of nitrogens with two attached hydrogens (primary N) is 1. The molecule has 4 heteroatoms. The van der Waals surface area contributed by atoms with Crippen LogP contribution in [0.15, 0.2) is 12.1 Å². The Kier molecular flexibility index (Phi) is 2.93. The van der Waals surface area contributed by atoms with Gasteiger partial charge in [0.25, 0.3) is 0 Å². The molecule has 2 N–H and O–H groups in total. The second-order valence-electron chi connectivity index (χ2n) is 3.02. The summed E-state index contributed by atoms with van der Waals surface area (Å²) >= 11 is 0. The molecule has 0 aromatic heterocycles. The second-order valence-corrected chi connectivity index (χ2v) is 3.02. The number of halogens is 3. The molecule has 0 amide bonds. The first-order chi connectivity index (χ1) is 6.02. The van der Waals surface area contributed by atoms with Crippen molar-refractivity contribution in [3.63, 3.8) is 0 Å². The zero-order chi connectivity index (χ0) is 10.0. The SMILES string of the molecule is C[C@H](N)Cc1ccc(F)c(F)c1F. The molecule has 1 rings (SSSR count). The number of benzene rings is 1. The summed E-state index contributed by atoms with van der Waals surface area (Å²) < 4.78 is 38.1. The molecule has 72 valence electrons. The lowest BCUT2D eigenvalue weighted by molar-refractivity contribution is 0.439. The molecule has 0 heterocycles. The van der Waals surface area contributed by atoms with Crippen LogP contribution in [0.3, 0.4) is 0 Å². The third-order valence-electron chi connectivity index (χ3n) is 1.66. The monoisotopic (exact) mass is 189 g/mol. The van der Waals surface area contributed by atoms with E-state index in [1.54, 1.807) is 6.92 Å². The molecule has 1 aromatic carbocycles. The van der Waals surface area contributed by atoms with Crippen LogP contribution in [0.2, 0.25) is 0 Å². The average molecular weight is 189 g/mol. The van der Waals surface area contributed by atoms with Crippen LogP contribution in [0.25, 0.3) is 0 Å². The van der Waals surface area contributed by atoms with E-state index in [0.717, 1.165) is 6.07 Å². The van der Waals surface area contributed by atoms with Crippen molar-refractivity contribution in [3.05, 3.63) is 35.1 Å². The van der Waals surface area contributed by atoms with E-state index in [1.165, 1.54) is 6.07 Å². The molecule has 0 fully saturated rings. The normalized spacial score (nSPS) is 13.0. The molecule has 0 unspecified atom stereocenters. The first-order valence-corrected chi connectivity index (χ1v) is 3.90. The van der Waals surface area contributed by atoms with Crippen molar-refractivity contribution in [2.45, 2.75) is 19.4 Å². The lowest BCUT2D eigenvalue weighted by Gasteiger charge is -2.06. The standard InChI is InChI=1S/C9H10F3N/c1-5(13)4-6-2-3-7(10)9(12)8(6)11/h2-3,5H,4,13H2,1H3/t5-/m0/s1. The molecule has 1 nitrogen and oxygen atoms in total. The molecular formula is C9H10F3N. The Balaban J connectivity index is 3.04. The molecular weight excluding hydrogens is 179 g/mol. The first-order valence-electron chi connectivity index (χ1n) is 3.90. The minimum atomic E-state index is -1.43. The smallest absolute Gasteiger partial charge is 0.194 e. The molecule has 0 saturated heterocycles. The number of hydrogen-bond donors (Lipinski definition) is 1. The summed E-state index contributed by atoms with van der Waals surface area (Å²) in [6.07, 6.45) is 0.197. The Bertz CT molecular complexity index is 310. The topological polar surface area (TPSA) is 26.0 Å². The maximum Gasteiger partial charge on any atom is 0.194 e. The molecule has 13 heavy (non-hydrogen) atoms. The van der Waals surface area contributed by atoms with Crippen LogP contribution >= 0.6 is 0 Å². The summed E-state index contributed by atoms with van der Waals surface area (Å²) in [4.78, 5) is 0. The quantitative estimate of drug-likeness (QED) is 0.707. The summed E-state index contributed by atoms with van der Waals surface area (Å²) in [7, 11) is 0. The van der Waals surface area contributed by atoms with Crippen LogP contribution in [-0.4, -0.2) is 6.04 Å². The highest BCUT2D eigenvalue weighted by atomic mass is 19.2. The predicted molar refractivity (Wildman–Crippen MR) is 43.7 cm³/mol. The van der Waals surface area contributed by atoms with E-state index >= 15 is 0 Å². The molecule has 0 aliphatic carbocycles. The van der Waals surface area contributed by atoms with Gasteiger partial charge in [-0.3, -0.25) is 0 Å². The van der Waals surface area contributed by atoms with Crippen molar-refractivity contribution < 1.29 is 13.2 Å². The largest absolute Gasteiger partial charge is 0.328 e. The van der Waals surface area contributed by atoms with Gasteiger partial charge in [-0.05, 0) is 25.0 Å². The summed E-state index contributed by atoms with van der Waals surface area (Å²) in [6, 6.07) is 1.83. The zero-order valence-electron chi connectivity index (χ0n) is 7.15. The molecule has 1 atom stereocenters. The predicted octanol–water partition coefficient (Wildman–Crippen LogP) is 1.99. The lowest BCUT2D eigenvalue weighted by atomic mass is 10.1. The summed E-state index contributed by atoms with van der Waals surface area (Å²) in [5.74, 6) is -3.75. The van der Waals surface area contributed by atoms with Gasteiger partial charge in [0.1, 0.15) is 0 Å². The second kappa shape index (κ2) is 3.79. The molecule has 0 aliphatic rings. The Morgan fingerprint density at radius 3 is 2.38 bits per heavy atom. The first kappa shape index (κ1) is 10.1. The third kappa shape index (κ3) is 2.21. The van der Waals surface area contributed by atoms with Gasteiger partial charge in [0, 0.05) is 6.04 Å². The van der Waals surface area contributed by atoms with Crippen molar-refractivity contribution in [1.82, 2.24) is 0 Å². The van der Waals surface area contributed by atoms with E-state index in [-0.39, 0.29) is 18.0 Å². The minimum Gasteiger partial charge on any atom is -0.328 e. The van der Waals surface area contributed by atoms with E-state index in [1.807, 2.05) is 0 Å². The van der Waals surface area contributed by atoms with E-state index in [0.29, 0.717) is 0 Å². The highest BCUT2D eigenvalue weighted by Crippen LogP contribution is 2.15. The molecule has 0 saturated carbocycles. The Morgan fingerprint density at radius 1 is 1.23 bits per heavy atom. The van der Waals surface area contributed by atoms with Crippen molar-refractivity contribution in [3.8, 4) is 0 Å². The fourth-order valence-electron chi connectivity index (χ4n) is 1.07. The van der Waals surface area contributed by atoms with E-state index < -0.39 is 17.5 Å². The van der Waals surface area contributed by atoms with Crippen LogP contribution in [0.5, 0.6) is 0 Å². The Morgan fingerprint density at radius 2 is 1.85 bits per heavy atom. The Hall–Kier alpha value is -1.03. The highest BCUT2D eigenvalue weighted by molar-refractivity contribution is 5.21. The van der Waals surface area contributed by atoms with Gasteiger partial charge in [0.2, 0.25) is 0 Å². The molecule has 0 spiro atoms. The van der Waals surface area contributed by atoms with Crippen LogP contribution in [0.4, 0.5) is 13.2 Å². The van der Waals surface area contributed by atoms with Crippen LogP contribution in [0.1, 0.15) is 12.5 Å². The van der Waals surface area contributed by atoms with E-state index in [9.17, 15) is 13.2 Å². The van der Waals surface area contributed by atoms with E-state index in [2.05, 4.69) is 0 Å². The van der Waals surface area contributed by atoms with Gasteiger partial charge in [0.05, 0.1) is 0 Å². The highest BCUT2D eigenvalue weighted by Gasteiger charge is 2.13. The number of hydrogen-bond acceptors (Lipinski definition) is 1. The van der Waals surface area contributed by atoms with Gasteiger partial charge in [-0.1, -0.05) is 6.07 Å². The lowest BCUT2D eigenvalue weighted by Crippen LogP contribution is -2.19. The van der Waals surface area contributed by atoms with Gasteiger partial charge in [-0.2, -0.15) is 0 Å². The van der Waals surface area contributed by atoms with E-state index in [4.69, 9.17) is 5.73 Å². The minimum absolute atomic E-state index is 0.105. The summed E-state index contributed by atoms with van der Waals surface area (Å²) in [5, 5.41) is 0. The summed E-state index contributed by atoms with van der Waals surface area (Å²) in [6.45, 7) is 1.67. The molecule has 1 aromatic rings. The fraction of sp³-hybridized carbons (Fsp3) is 0.333. The molecule has 0 radical (unpaired) electrons. The van der Waals surface area contributed by atoms with Crippen LogP contribution < -0.4 is 5.73 Å². The van der Waals surface area contributed by atoms with Crippen LogP contribution in [0, 0.1) is 17.5 Å². The van der Waals surface area contributed by atoms with Gasteiger partial charge >= 0.3 is 0 Å². The zero-order valence-corrected chi connectivity index (χ0v) is 7.15.